The van der Waals surface area contributed by atoms with Crippen LogP contribution in [0.5, 0.6) is 5.75 Å². The summed E-state index contributed by atoms with van der Waals surface area (Å²) in [6.45, 7) is 0. The van der Waals surface area contributed by atoms with Gasteiger partial charge in [0.05, 0.1) is 0 Å². The van der Waals surface area contributed by atoms with Crippen LogP contribution < -0.4 is 4.74 Å². The molecule has 0 atom stereocenters. The third-order valence-corrected chi connectivity index (χ3v) is 1.43. The molecule has 0 radical (unpaired) electrons. The maximum Gasteiger partial charge on any atom is 0.379 e. The van der Waals surface area contributed by atoms with Gasteiger partial charge in [-0.15, -0.1) is 0 Å². The van der Waals surface area contributed by atoms with Crippen molar-refractivity contribution in [1.82, 2.24) is 0 Å². The molecule has 0 spiro atoms. The van der Waals surface area contributed by atoms with Crippen molar-refractivity contribution < 1.29 is 9.53 Å². The maximum absolute atomic E-state index is 10.4. The molecule has 11 heavy (non-hydrogen) atoms. The topological polar surface area (TPSA) is 26.3 Å². The van der Waals surface area contributed by atoms with E-state index in [1.807, 2.05) is 0 Å². The maximum atomic E-state index is 10.4. The van der Waals surface area contributed by atoms with Gasteiger partial charge in [-0.1, -0.05) is 11.6 Å². The van der Waals surface area contributed by atoms with E-state index in [1.54, 1.807) is 24.3 Å². The van der Waals surface area contributed by atoms with Crippen molar-refractivity contribution in [2.75, 3.05) is 0 Å². The summed E-state index contributed by atoms with van der Waals surface area (Å²) in [5, 5.41) is 0.611. The molecule has 0 aliphatic heterocycles. The molecule has 0 heterocycles. The quantitative estimate of drug-likeness (QED) is 0.699. The van der Waals surface area contributed by atoms with E-state index in [4.69, 9.17) is 11.6 Å². The lowest BCUT2D eigenvalue weighted by atomic mass is 10.3. The zero-order valence-electron chi connectivity index (χ0n) is 5.38. The molecule has 1 aromatic carbocycles. The first-order chi connectivity index (χ1) is 5.18. The van der Waals surface area contributed by atoms with Crippen molar-refractivity contribution in [3.63, 3.8) is 0 Å². The Morgan fingerprint density at radius 3 is 2.36 bits per heavy atom. The molecule has 1 aromatic rings. The predicted octanol–water partition coefficient (Wildman–Crippen LogP) is 3.23. The summed E-state index contributed by atoms with van der Waals surface area (Å²) < 4.78 is 4.69. The van der Waals surface area contributed by atoms with Crippen LogP contribution in [-0.4, -0.2) is 4.88 Å². The number of rotatable bonds is 1. The van der Waals surface area contributed by atoms with Crippen LogP contribution in [0, 0.1) is 0 Å². The van der Waals surface area contributed by atoms with E-state index in [-0.39, 0.29) is 0 Å². The number of hydrogen-bond donors (Lipinski definition) is 0. The highest BCUT2D eigenvalue weighted by molar-refractivity contribution is 9.18. The zero-order chi connectivity index (χ0) is 8.27. The van der Waals surface area contributed by atoms with E-state index < -0.39 is 4.88 Å². The molecule has 0 unspecified atom stereocenters. The molecule has 0 amide bonds. The van der Waals surface area contributed by atoms with Gasteiger partial charge < -0.3 is 4.74 Å². The second-order valence-electron chi connectivity index (χ2n) is 1.79. The van der Waals surface area contributed by atoms with Crippen LogP contribution in [0.2, 0.25) is 5.02 Å². The molecular formula is C7H4BrClO2. The zero-order valence-corrected chi connectivity index (χ0v) is 7.72. The summed E-state index contributed by atoms with van der Waals surface area (Å²) in [7, 11) is 0. The van der Waals surface area contributed by atoms with Gasteiger partial charge >= 0.3 is 4.88 Å². The van der Waals surface area contributed by atoms with Crippen LogP contribution in [-0.2, 0) is 0 Å². The van der Waals surface area contributed by atoms with E-state index in [9.17, 15) is 4.79 Å². The van der Waals surface area contributed by atoms with Crippen LogP contribution >= 0.6 is 27.5 Å². The van der Waals surface area contributed by atoms with E-state index in [2.05, 4.69) is 20.7 Å². The van der Waals surface area contributed by atoms with Gasteiger partial charge in [0.15, 0.2) is 0 Å². The Morgan fingerprint density at radius 1 is 1.36 bits per heavy atom. The minimum Gasteiger partial charge on any atom is -0.418 e. The number of carbonyl (C=O) groups is 1. The van der Waals surface area contributed by atoms with Crippen molar-refractivity contribution in [1.29, 1.82) is 0 Å². The highest BCUT2D eigenvalue weighted by Gasteiger charge is 1.97. The highest BCUT2D eigenvalue weighted by Crippen LogP contribution is 2.16. The monoisotopic (exact) mass is 234 g/mol. The van der Waals surface area contributed by atoms with Crippen LogP contribution in [0.25, 0.3) is 0 Å². The van der Waals surface area contributed by atoms with Gasteiger partial charge in [0.25, 0.3) is 0 Å². The molecule has 4 heteroatoms. The first-order valence-corrected chi connectivity index (χ1v) is 3.98. The Hall–Kier alpha value is -0.540. The normalized spacial score (nSPS) is 9.27. The SMILES string of the molecule is O=C(Br)Oc1ccc(Cl)cc1. The van der Waals surface area contributed by atoms with Crippen molar-refractivity contribution in [3.05, 3.63) is 29.3 Å². The number of ether oxygens (including phenoxy) is 1. The van der Waals surface area contributed by atoms with Crippen LogP contribution in [0.4, 0.5) is 4.79 Å². The average Bonchev–Trinajstić information content (AvgIpc) is 1.93. The lowest BCUT2D eigenvalue weighted by molar-refractivity contribution is 0.228. The van der Waals surface area contributed by atoms with Gasteiger partial charge in [-0.3, -0.25) is 0 Å². The molecular weight excluding hydrogens is 231 g/mol. The van der Waals surface area contributed by atoms with Gasteiger partial charge in [-0.05, 0) is 24.3 Å². The smallest absolute Gasteiger partial charge is 0.379 e. The van der Waals surface area contributed by atoms with Crippen LogP contribution in [0.3, 0.4) is 0 Å². The molecule has 2 nitrogen and oxygen atoms in total. The summed E-state index contributed by atoms with van der Waals surface area (Å²) in [5.74, 6) is 0.469. The standard InChI is InChI=1S/C7H4BrClO2/c8-7(10)11-6-3-1-5(9)2-4-6/h1-4H. The Morgan fingerprint density at radius 2 is 1.91 bits per heavy atom. The van der Waals surface area contributed by atoms with Gasteiger partial charge in [-0.25, -0.2) is 4.79 Å². The van der Waals surface area contributed by atoms with Crippen molar-refractivity contribution in [2.45, 2.75) is 0 Å². The molecule has 0 aromatic heterocycles. The fraction of sp³-hybridized carbons (Fsp3) is 0. The van der Waals surface area contributed by atoms with E-state index >= 15 is 0 Å². The minimum absolute atomic E-state index is 0.469. The Labute approximate surface area is 77.2 Å². The third kappa shape index (κ3) is 2.91. The Bertz CT molecular complexity index is 258. The van der Waals surface area contributed by atoms with Gasteiger partial charge in [0, 0.05) is 21.0 Å². The predicted molar refractivity (Wildman–Crippen MR) is 46.4 cm³/mol. The number of hydrogen-bond acceptors (Lipinski definition) is 2. The van der Waals surface area contributed by atoms with Gasteiger partial charge in [0.1, 0.15) is 5.75 Å². The summed E-state index contributed by atoms with van der Waals surface area (Å²) in [4.78, 5) is 9.85. The summed E-state index contributed by atoms with van der Waals surface area (Å²) in [5.41, 5.74) is 0. The van der Waals surface area contributed by atoms with Gasteiger partial charge in [0.2, 0.25) is 0 Å². The van der Waals surface area contributed by atoms with Crippen molar-refractivity contribution in [2.24, 2.45) is 0 Å². The lowest BCUT2D eigenvalue weighted by Crippen LogP contribution is -1.94. The molecule has 0 saturated heterocycles. The first-order valence-electron chi connectivity index (χ1n) is 2.81. The molecule has 0 N–H and O–H groups in total. The summed E-state index contributed by atoms with van der Waals surface area (Å²) in [6.07, 6.45) is 0. The van der Waals surface area contributed by atoms with E-state index in [1.165, 1.54) is 0 Å². The second kappa shape index (κ2) is 3.74. The largest absolute Gasteiger partial charge is 0.418 e. The summed E-state index contributed by atoms with van der Waals surface area (Å²) in [6, 6.07) is 6.52. The summed E-state index contributed by atoms with van der Waals surface area (Å²) >= 11 is 8.23. The molecule has 0 saturated carbocycles. The number of halogens is 2. The molecule has 0 fully saturated rings. The van der Waals surface area contributed by atoms with E-state index in [0.29, 0.717) is 10.8 Å². The molecule has 1 rings (SSSR count). The molecule has 0 aliphatic carbocycles. The highest BCUT2D eigenvalue weighted by atomic mass is 79.9. The van der Waals surface area contributed by atoms with Crippen LogP contribution in [0.1, 0.15) is 0 Å². The Balaban J connectivity index is 2.74. The molecule has 58 valence electrons. The lowest BCUT2D eigenvalue weighted by Gasteiger charge is -1.97. The number of benzene rings is 1. The fourth-order valence-corrected chi connectivity index (χ4v) is 0.908. The molecule has 0 bridgehead atoms. The minimum atomic E-state index is -0.514. The number of carbonyl (C=O) groups excluding carboxylic acids is 1. The van der Waals surface area contributed by atoms with Crippen molar-refractivity contribution in [3.8, 4) is 5.75 Å². The third-order valence-electron chi connectivity index (χ3n) is 1.01. The second-order valence-corrected chi connectivity index (χ2v) is 2.88. The fourth-order valence-electron chi connectivity index (χ4n) is 0.595. The molecule has 0 aliphatic rings. The average molecular weight is 235 g/mol. The van der Waals surface area contributed by atoms with Crippen LogP contribution in [0.15, 0.2) is 24.3 Å². The van der Waals surface area contributed by atoms with Gasteiger partial charge in [-0.2, -0.15) is 0 Å². The first kappa shape index (κ1) is 8.56. The van der Waals surface area contributed by atoms with E-state index in [0.717, 1.165) is 0 Å². The van der Waals surface area contributed by atoms with Crippen molar-refractivity contribution >= 4 is 32.4 Å². The Kier molecular flexibility index (Phi) is 2.91.